The van der Waals surface area contributed by atoms with Crippen LogP contribution in [0.2, 0.25) is 5.02 Å². The molecule has 0 spiro atoms. The molecule has 1 heterocycles. The third-order valence-corrected chi connectivity index (χ3v) is 6.39. The molecule has 2 aromatic rings. The van der Waals surface area contributed by atoms with Gasteiger partial charge in [0.05, 0.1) is 4.92 Å². The molecule has 0 aliphatic carbocycles. The molecule has 1 fully saturated rings. The minimum Gasteiger partial charge on any atom is -0.502 e. The Morgan fingerprint density at radius 1 is 0.902 bits per heavy atom. The fourth-order valence-corrected chi connectivity index (χ4v) is 4.63. The van der Waals surface area contributed by atoms with Crippen LogP contribution in [0.5, 0.6) is 5.75 Å². The molecule has 13 nitrogen and oxygen atoms in total. The molecule has 0 aromatic heterocycles. The number of benzene rings is 2. The van der Waals surface area contributed by atoms with Crippen molar-refractivity contribution in [2.75, 3.05) is 6.61 Å². The summed E-state index contributed by atoms with van der Waals surface area (Å²) >= 11 is 6.44. The Morgan fingerprint density at radius 2 is 1.51 bits per heavy atom. The Hall–Kier alpha value is -4.23. The predicted molar refractivity (Wildman–Crippen MR) is 140 cm³/mol. The number of rotatable bonds is 9. The Bertz CT molecular complexity index is 1350. The van der Waals surface area contributed by atoms with Crippen molar-refractivity contribution in [3.8, 4) is 5.75 Å². The van der Waals surface area contributed by atoms with Crippen LogP contribution in [0.3, 0.4) is 0 Å². The molecule has 14 heteroatoms. The Kier molecular flexibility index (Phi) is 10.2. The molecular weight excluding hydrogens is 566 g/mol. The molecule has 220 valence electrons. The van der Waals surface area contributed by atoms with Gasteiger partial charge < -0.3 is 28.8 Å². The van der Waals surface area contributed by atoms with Gasteiger partial charge in [0.2, 0.25) is 0 Å². The van der Waals surface area contributed by atoms with Gasteiger partial charge in [0.25, 0.3) is 0 Å². The van der Waals surface area contributed by atoms with Crippen LogP contribution in [0, 0.1) is 10.1 Å². The molecule has 5 atom stereocenters. The summed E-state index contributed by atoms with van der Waals surface area (Å²) < 4.78 is 27.7. The van der Waals surface area contributed by atoms with E-state index in [0.717, 1.165) is 20.8 Å². The highest BCUT2D eigenvalue weighted by atomic mass is 35.5. The van der Waals surface area contributed by atoms with Crippen LogP contribution in [0.4, 0.5) is 5.69 Å². The maximum absolute atomic E-state index is 12.1. The molecular formula is C27H28ClNO12. The van der Waals surface area contributed by atoms with E-state index < -0.39 is 70.8 Å². The Morgan fingerprint density at radius 3 is 2.10 bits per heavy atom. The number of carbonyl (C=O) groups is 4. The van der Waals surface area contributed by atoms with Crippen LogP contribution in [0.15, 0.2) is 36.4 Å². The zero-order valence-corrected chi connectivity index (χ0v) is 23.3. The number of halogens is 1. The molecule has 41 heavy (non-hydrogen) atoms. The molecule has 3 rings (SSSR count). The number of ether oxygens (including phenoxy) is 5. The van der Waals surface area contributed by atoms with Crippen LogP contribution in [0.25, 0.3) is 0 Å². The maximum atomic E-state index is 12.1. The molecule has 0 bridgehead atoms. The number of nitro groups is 1. The van der Waals surface area contributed by atoms with Crippen molar-refractivity contribution in [2.45, 2.75) is 64.6 Å². The van der Waals surface area contributed by atoms with Crippen molar-refractivity contribution in [1.29, 1.82) is 0 Å². The van der Waals surface area contributed by atoms with Crippen molar-refractivity contribution in [1.82, 2.24) is 0 Å². The number of phenolic OH excluding ortho intramolecular Hbond substituents is 1. The predicted octanol–water partition coefficient (Wildman–Crippen LogP) is 3.34. The van der Waals surface area contributed by atoms with E-state index in [1.807, 2.05) is 0 Å². The summed E-state index contributed by atoms with van der Waals surface area (Å²) in [5.41, 5.74) is 0.886. The standard InChI is InChI=1S/C27H28ClNO12/c1-13(30)37-12-23-25(38-14(2)31)27(40-16(4)33)26(39-15(3)32)24(41-23)18-6-7-20(28)19(11-18)9-17-5-8-22(34)21(10-17)29(35)36/h5-8,10-11,23-27,34H,9,12H2,1-4H3/t23-,24+,25?,26+,27+/m1/s1. The zero-order valence-electron chi connectivity index (χ0n) is 22.5. The topological polar surface area (TPSA) is 178 Å². The SMILES string of the molecule is CC(=O)OC[C@H]1O[C@@H](c2ccc(Cl)c(Cc3ccc(O)c([N+](=O)[O-])c3)c2)[C@H](OC(C)=O)[C@@H](OC(C)=O)C1OC(C)=O. The average molecular weight is 594 g/mol. The number of esters is 4. The number of hydrogen-bond acceptors (Lipinski definition) is 12. The molecule has 0 amide bonds. The van der Waals surface area contributed by atoms with Crippen LogP contribution in [-0.4, -0.2) is 64.9 Å². The highest BCUT2D eigenvalue weighted by Crippen LogP contribution is 2.39. The summed E-state index contributed by atoms with van der Waals surface area (Å²) in [5.74, 6) is -3.39. The van der Waals surface area contributed by atoms with E-state index in [0.29, 0.717) is 21.7 Å². The first-order valence-corrected chi connectivity index (χ1v) is 12.7. The summed E-state index contributed by atoms with van der Waals surface area (Å²) in [5, 5.41) is 21.4. The molecule has 1 saturated heterocycles. The molecule has 0 radical (unpaired) electrons. The van der Waals surface area contributed by atoms with E-state index in [-0.39, 0.29) is 13.0 Å². The number of aromatic hydroxyl groups is 1. The Labute approximate surface area is 239 Å². The quantitative estimate of drug-likeness (QED) is 0.194. The van der Waals surface area contributed by atoms with E-state index in [9.17, 15) is 34.4 Å². The number of hydrogen-bond donors (Lipinski definition) is 1. The van der Waals surface area contributed by atoms with Crippen LogP contribution >= 0.6 is 11.6 Å². The maximum Gasteiger partial charge on any atom is 0.310 e. The minimum absolute atomic E-state index is 0.110. The van der Waals surface area contributed by atoms with Crippen LogP contribution in [-0.2, 0) is 49.3 Å². The van der Waals surface area contributed by atoms with E-state index in [1.165, 1.54) is 31.2 Å². The van der Waals surface area contributed by atoms with Gasteiger partial charge in [-0.1, -0.05) is 29.8 Å². The van der Waals surface area contributed by atoms with E-state index >= 15 is 0 Å². The van der Waals surface area contributed by atoms with Crippen molar-refractivity contribution < 1.29 is 52.9 Å². The summed E-state index contributed by atoms with van der Waals surface area (Å²) in [7, 11) is 0. The fourth-order valence-electron chi connectivity index (χ4n) is 4.45. The second kappa shape index (κ2) is 13.4. The second-order valence-corrected chi connectivity index (χ2v) is 9.63. The molecule has 0 saturated carbocycles. The van der Waals surface area contributed by atoms with Gasteiger partial charge in [0, 0.05) is 38.8 Å². The number of carbonyl (C=O) groups excluding carboxylic acids is 4. The summed E-state index contributed by atoms with van der Waals surface area (Å²) in [6.07, 6.45) is -6.11. The van der Waals surface area contributed by atoms with Gasteiger partial charge in [-0.15, -0.1) is 0 Å². The highest BCUT2D eigenvalue weighted by molar-refractivity contribution is 6.31. The Balaban J connectivity index is 2.08. The van der Waals surface area contributed by atoms with Crippen molar-refractivity contribution in [3.05, 3.63) is 68.2 Å². The van der Waals surface area contributed by atoms with Gasteiger partial charge in [0.1, 0.15) is 18.8 Å². The van der Waals surface area contributed by atoms with Gasteiger partial charge in [0.15, 0.2) is 24.1 Å². The normalized spacial score (nSPS) is 21.8. The van der Waals surface area contributed by atoms with Gasteiger partial charge >= 0.3 is 29.6 Å². The summed E-state index contributed by atoms with van der Waals surface area (Å²) in [4.78, 5) is 58.3. The van der Waals surface area contributed by atoms with Gasteiger partial charge in [-0.05, 0) is 35.2 Å². The number of phenols is 1. The number of nitrogens with zero attached hydrogens (tertiary/aromatic N) is 1. The third-order valence-electron chi connectivity index (χ3n) is 6.02. The lowest BCUT2D eigenvalue weighted by Crippen LogP contribution is -2.59. The van der Waals surface area contributed by atoms with Crippen LogP contribution < -0.4 is 0 Å². The monoisotopic (exact) mass is 593 g/mol. The summed E-state index contributed by atoms with van der Waals surface area (Å²) in [6, 6.07) is 8.64. The first kappa shape index (κ1) is 31.3. The highest BCUT2D eigenvalue weighted by Gasteiger charge is 2.52. The van der Waals surface area contributed by atoms with E-state index in [2.05, 4.69) is 0 Å². The lowest BCUT2D eigenvalue weighted by atomic mass is 9.89. The summed E-state index contributed by atoms with van der Waals surface area (Å²) in [6.45, 7) is 4.17. The average Bonchev–Trinajstić information content (AvgIpc) is 2.86. The van der Waals surface area contributed by atoms with Gasteiger partial charge in [-0.3, -0.25) is 29.3 Å². The lowest BCUT2D eigenvalue weighted by molar-refractivity contribution is -0.385. The first-order valence-electron chi connectivity index (χ1n) is 12.3. The fraction of sp³-hybridized carbons (Fsp3) is 0.407. The zero-order chi connectivity index (χ0) is 30.4. The number of nitro benzene ring substituents is 1. The molecule has 2 aromatic carbocycles. The van der Waals surface area contributed by atoms with E-state index in [1.54, 1.807) is 12.1 Å². The van der Waals surface area contributed by atoms with Crippen molar-refractivity contribution >= 4 is 41.2 Å². The first-order chi connectivity index (χ1) is 19.3. The lowest BCUT2D eigenvalue weighted by Gasteiger charge is -2.44. The molecule has 1 N–H and O–H groups in total. The van der Waals surface area contributed by atoms with Crippen LogP contribution in [0.1, 0.15) is 50.5 Å². The second-order valence-electron chi connectivity index (χ2n) is 9.23. The van der Waals surface area contributed by atoms with E-state index in [4.69, 9.17) is 35.3 Å². The molecule has 1 aliphatic rings. The minimum atomic E-state index is -1.35. The smallest absolute Gasteiger partial charge is 0.310 e. The largest absolute Gasteiger partial charge is 0.502 e. The molecule has 1 aliphatic heterocycles. The van der Waals surface area contributed by atoms with Crippen molar-refractivity contribution in [2.24, 2.45) is 0 Å². The molecule has 1 unspecified atom stereocenters. The van der Waals surface area contributed by atoms with Gasteiger partial charge in [-0.2, -0.15) is 0 Å². The van der Waals surface area contributed by atoms with Gasteiger partial charge in [-0.25, -0.2) is 0 Å². The van der Waals surface area contributed by atoms with Crippen molar-refractivity contribution in [3.63, 3.8) is 0 Å². The third kappa shape index (κ3) is 8.14.